The van der Waals surface area contributed by atoms with Gasteiger partial charge >= 0.3 is 0 Å². The first-order chi connectivity index (χ1) is 13.1. The highest BCUT2D eigenvalue weighted by atomic mass is 35.5. The summed E-state index contributed by atoms with van der Waals surface area (Å²) in [6.07, 6.45) is 8.01. The maximum Gasteiger partial charge on any atom is 0.213 e. The minimum absolute atomic E-state index is 0.00970. The summed E-state index contributed by atoms with van der Waals surface area (Å²) in [7, 11) is 1.72. The number of benzene rings is 2. The molecule has 0 aliphatic rings. The van der Waals surface area contributed by atoms with Crippen LogP contribution in [0.1, 0.15) is 12.0 Å². The molecule has 0 radical (unpaired) electrons. The molecule has 0 bridgehead atoms. The topological polar surface area (TPSA) is 47.4 Å². The maximum atomic E-state index is 10.9. The highest BCUT2D eigenvalue weighted by molar-refractivity contribution is 6.30. The minimum atomic E-state index is -0.00970. The zero-order valence-corrected chi connectivity index (χ0v) is 15.9. The van der Waals surface area contributed by atoms with Crippen LogP contribution in [0.25, 0.3) is 0 Å². The van der Waals surface area contributed by atoms with Gasteiger partial charge in [-0.05, 0) is 54.8 Å². The molecule has 1 aromatic heterocycles. The Hall–Kier alpha value is -2.79. The number of imidazole rings is 1. The summed E-state index contributed by atoms with van der Waals surface area (Å²) < 4.78 is 8.24. The largest absolute Gasteiger partial charge is 0.489 e. The van der Waals surface area contributed by atoms with E-state index in [1.807, 2.05) is 59.3 Å². The fourth-order valence-electron chi connectivity index (χ4n) is 2.81. The number of amides is 1. The minimum Gasteiger partial charge on any atom is -0.489 e. The number of nitrogens with zero attached hydrogens (tertiary/aromatic N) is 3. The predicted molar refractivity (Wildman–Crippen MR) is 107 cm³/mol. The number of ether oxygens (including phenoxy) is 1. The smallest absolute Gasteiger partial charge is 0.213 e. The summed E-state index contributed by atoms with van der Waals surface area (Å²) in [5, 5.41) is 0.741. The van der Waals surface area contributed by atoms with Gasteiger partial charge < -0.3 is 14.2 Å². The zero-order chi connectivity index (χ0) is 19.1. The lowest BCUT2D eigenvalue weighted by molar-refractivity contribution is -0.107. The number of halogens is 1. The van der Waals surface area contributed by atoms with E-state index >= 15 is 0 Å². The molecule has 0 aliphatic carbocycles. The lowest BCUT2D eigenvalue weighted by Gasteiger charge is -2.20. The molecule has 0 fully saturated rings. The molecule has 2 aromatic carbocycles. The first-order valence-electron chi connectivity index (χ1n) is 8.79. The molecule has 3 rings (SSSR count). The van der Waals surface area contributed by atoms with Crippen molar-refractivity contribution in [3.63, 3.8) is 0 Å². The van der Waals surface area contributed by atoms with E-state index in [1.165, 1.54) is 10.5 Å². The Labute approximate surface area is 164 Å². The van der Waals surface area contributed by atoms with Crippen molar-refractivity contribution in [1.29, 1.82) is 0 Å². The van der Waals surface area contributed by atoms with Crippen LogP contribution in [0.15, 0.2) is 67.3 Å². The number of aromatic nitrogens is 2. The Morgan fingerprint density at radius 3 is 2.56 bits per heavy atom. The summed E-state index contributed by atoms with van der Waals surface area (Å²) in [6, 6.07) is 15.4. The number of rotatable bonds is 9. The van der Waals surface area contributed by atoms with Crippen LogP contribution in [-0.2, 0) is 17.8 Å². The van der Waals surface area contributed by atoms with Crippen LogP contribution in [0.5, 0.6) is 5.75 Å². The molecule has 3 aromatic rings. The number of anilines is 1. The molecule has 140 valence electrons. The van der Waals surface area contributed by atoms with Crippen molar-refractivity contribution in [2.24, 2.45) is 0 Å². The van der Waals surface area contributed by atoms with E-state index < -0.39 is 0 Å². The second kappa shape index (κ2) is 9.24. The van der Waals surface area contributed by atoms with Gasteiger partial charge in [-0.2, -0.15) is 0 Å². The number of aryl methyl sites for hydroxylation is 1. The molecule has 1 atom stereocenters. The summed E-state index contributed by atoms with van der Waals surface area (Å²) in [5.74, 6) is 0.777. The lowest BCUT2D eigenvalue weighted by Crippen LogP contribution is -2.23. The maximum absolute atomic E-state index is 10.9. The van der Waals surface area contributed by atoms with Gasteiger partial charge in [-0.1, -0.05) is 23.7 Å². The highest BCUT2D eigenvalue weighted by Gasteiger charge is 2.13. The van der Waals surface area contributed by atoms with E-state index in [-0.39, 0.29) is 6.10 Å². The molecule has 0 N–H and O–H groups in total. The molecule has 5 nitrogen and oxygen atoms in total. The van der Waals surface area contributed by atoms with Crippen LogP contribution < -0.4 is 9.64 Å². The van der Waals surface area contributed by atoms with Crippen LogP contribution in [0.2, 0.25) is 5.02 Å². The Balaban J connectivity index is 1.67. The van der Waals surface area contributed by atoms with Crippen molar-refractivity contribution in [1.82, 2.24) is 9.55 Å². The van der Waals surface area contributed by atoms with Crippen LogP contribution in [0.4, 0.5) is 5.69 Å². The van der Waals surface area contributed by atoms with E-state index in [4.69, 9.17) is 16.3 Å². The summed E-state index contributed by atoms with van der Waals surface area (Å²) in [4.78, 5) is 16.5. The number of hydrogen-bond acceptors (Lipinski definition) is 3. The van der Waals surface area contributed by atoms with Crippen LogP contribution in [-0.4, -0.2) is 29.1 Å². The third kappa shape index (κ3) is 5.59. The van der Waals surface area contributed by atoms with Gasteiger partial charge in [0.2, 0.25) is 6.41 Å². The van der Waals surface area contributed by atoms with Crippen molar-refractivity contribution < 1.29 is 9.53 Å². The third-order valence-corrected chi connectivity index (χ3v) is 4.60. The van der Waals surface area contributed by atoms with E-state index in [2.05, 4.69) is 4.98 Å². The highest BCUT2D eigenvalue weighted by Crippen LogP contribution is 2.21. The van der Waals surface area contributed by atoms with Gasteiger partial charge in [0, 0.05) is 30.2 Å². The van der Waals surface area contributed by atoms with Crippen molar-refractivity contribution in [3.8, 4) is 5.75 Å². The molecular formula is C21H22ClN3O2. The molecule has 1 heterocycles. The van der Waals surface area contributed by atoms with Gasteiger partial charge in [-0.25, -0.2) is 4.98 Å². The Morgan fingerprint density at radius 2 is 1.93 bits per heavy atom. The van der Waals surface area contributed by atoms with Crippen LogP contribution >= 0.6 is 11.6 Å². The molecule has 27 heavy (non-hydrogen) atoms. The Morgan fingerprint density at radius 1 is 1.19 bits per heavy atom. The Kier molecular flexibility index (Phi) is 6.49. The van der Waals surface area contributed by atoms with Gasteiger partial charge in [0.25, 0.3) is 0 Å². The molecule has 1 unspecified atom stereocenters. The average Bonchev–Trinajstić information content (AvgIpc) is 3.20. The monoisotopic (exact) mass is 383 g/mol. The molecule has 0 saturated heterocycles. The van der Waals surface area contributed by atoms with Gasteiger partial charge in [0.15, 0.2) is 0 Å². The Bertz CT molecular complexity index is 833. The summed E-state index contributed by atoms with van der Waals surface area (Å²) in [6.45, 7) is 0.712. The first kappa shape index (κ1) is 19.0. The lowest BCUT2D eigenvalue weighted by atomic mass is 10.1. The zero-order valence-electron chi connectivity index (χ0n) is 15.2. The van der Waals surface area contributed by atoms with Crippen molar-refractivity contribution in [2.75, 3.05) is 11.9 Å². The molecule has 6 heteroatoms. The van der Waals surface area contributed by atoms with Crippen LogP contribution in [0.3, 0.4) is 0 Å². The quantitative estimate of drug-likeness (QED) is 0.520. The SMILES string of the molecule is CN(C=O)c1ccc(OC(CCc2ccc(Cl)cc2)Cn2ccnc2)cc1. The fourth-order valence-corrected chi connectivity index (χ4v) is 2.94. The van der Waals surface area contributed by atoms with E-state index in [1.54, 1.807) is 19.6 Å². The molecule has 1 amide bonds. The number of hydrogen-bond donors (Lipinski definition) is 0. The van der Waals surface area contributed by atoms with Crippen molar-refractivity contribution >= 4 is 23.7 Å². The molecular weight excluding hydrogens is 362 g/mol. The van der Waals surface area contributed by atoms with Gasteiger partial charge in [-0.3, -0.25) is 4.79 Å². The third-order valence-electron chi connectivity index (χ3n) is 4.35. The summed E-state index contributed by atoms with van der Waals surface area (Å²) in [5.41, 5.74) is 2.05. The molecule has 0 spiro atoms. The van der Waals surface area contributed by atoms with Gasteiger partial charge in [0.1, 0.15) is 11.9 Å². The second-order valence-corrected chi connectivity index (χ2v) is 6.81. The summed E-state index contributed by atoms with van der Waals surface area (Å²) >= 11 is 5.96. The number of carbonyl (C=O) groups excluding carboxylic acids is 1. The normalized spacial score (nSPS) is 11.8. The number of carbonyl (C=O) groups is 1. The van der Waals surface area contributed by atoms with Crippen LogP contribution in [0, 0.1) is 0 Å². The average molecular weight is 384 g/mol. The molecule has 0 aliphatic heterocycles. The fraction of sp³-hybridized carbons (Fsp3) is 0.238. The standard InChI is InChI=1S/C21H22ClN3O2/c1-24(16-26)19-7-10-20(11-8-19)27-21(14-25-13-12-23-15-25)9-4-17-2-5-18(22)6-3-17/h2-3,5-8,10-13,15-16,21H,4,9,14H2,1H3. The van der Waals surface area contributed by atoms with Crippen molar-refractivity contribution in [2.45, 2.75) is 25.5 Å². The second-order valence-electron chi connectivity index (χ2n) is 6.37. The van der Waals surface area contributed by atoms with E-state index in [0.717, 1.165) is 35.7 Å². The van der Waals surface area contributed by atoms with E-state index in [9.17, 15) is 4.79 Å². The van der Waals surface area contributed by atoms with Gasteiger partial charge in [0.05, 0.1) is 12.9 Å². The molecule has 0 saturated carbocycles. The first-order valence-corrected chi connectivity index (χ1v) is 9.17. The predicted octanol–water partition coefficient (Wildman–Crippen LogP) is 4.21. The van der Waals surface area contributed by atoms with E-state index in [0.29, 0.717) is 6.54 Å². The van der Waals surface area contributed by atoms with Gasteiger partial charge in [-0.15, -0.1) is 0 Å². The van der Waals surface area contributed by atoms with Crippen molar-refractivity contribution in [3.05, 3.63) is 77.8 Å².